The average Bonchev–Trinajstić information content (AvgIpc) is 2.80. The van der Waals surface area contributed by atoms with E-state index in [1.165, 1.54) is 9.13 Å². The third-order valence-corrected chi connectivity index (χ3v) is 3.92. The Morgan fingerprint density at radius 3 is 2.50 bits per heavy atom. The smallest absolute Gasteiger partial charge is 0.335 e. The number of benzene rings is 2. The van der Waals surface area contributed by atoms with Gasteiger partial charge in [0.15, 0.2) is 0 Å². The van der Waals surface area contributed by atoms with Crippen LogP contribution >= 0.6 is 0 Å². The number of nitrogen functional groups attached to an aromatic ring is 1. The summed E-state index contributed by atoms with van der Waals surface area (Å²) in [6.45, 7) is 2.50. The van der Waals surface area contributed by atoms with Crippen molar-refractivity contribution >= 4 is 22.6 Å². The summed E-state index contributed by atoms with van der Waals surface area (Å²) in [7, 11) is 1.64. The van der Waals surface area contributed by atoms with Crippen molar-refractivity contribution in [2.45, 2.75) is 13.3 Å². The second-order valence-electron chi connectivity index (χ2n) is 5.57. The van der Waals surface area contributed by atoms with Crippen LogP contribution in [0.3, 0.4) is 0 Å². The molecule has 124 valence electrons. The minimum Gasteiger partial charge on any atom is -0.494 e. The molecule has 0 aliphatic rings. The van der Waals surface area contributed by atoms with Gasteiger partial charge in [-0.05, 0) is 42.8 Å². The lowest BCUT2D eigenvalue weighted by Gasteiger charge is -2.05. The van der Waals surface area contributed by atoms with Gasteiger partial charge in [0.1, 0.15) is 5.75 Å². The Bertz CT molecular complexity index is 952. The van der Waals surface area contributed by atoms with Crippen molar-refractivity contribution in [1.82, 2.24) is 9.13 Å². The third kappa shape index (κ3) is 2.78. The molecule has 0 radical (unpaired) electrons. The third-order valence-electron chi connectivity index (χ3n) is 3.92. The van der Waals surface area contributed by atoms with Crippen molar-refractivity contribution in [3.8, 4) is 5.75 Å². The largest absolute Gasteiger partial charge is 0.494 e. The number of ether oxygens (including phenoxy) is 1. The SMILES string of the molecule is CCOc1ccc(CC(=O)n2c(=O)n(C)c3ccc(N)cc32)cc1. The van der Waals surface area contributed by atoms with E-state index in [-0.39, 0.29) is 18.0 Å². The van der Waals surface area contributed by atoms with Crippen LogP contribution in [0.15, 0.2) is 47.3 Å². The Hall–Kier alpha value is -3.02. The molecule has 0 aliphatic heterocycles. The van der Waals surface area contributed by atoms with Crippen molar-refractivity contribution in [2.24, 2.45) is 7.05 Å². The fourth-order valence-corrected chi connectivity index (χ4v) is 2.72. The summed E-state index contributed by atoms with van der Waals surface area (Å²) in [6, 6.07) is 12.4. The Morgan fingerprint density at radius 1 is 1.12 bits per heavy atom. The number of hydrogen-bond donors (Lipinski definition) is 1. The molecule has 3 aromatic rings. The highest BCUT2D eigenvalue weighted by Crippen LogP contribution is 2.17. The molecule has 24 heavy (non-hydrogen) atoms. The lowest BCUT2D eigenvalue weighted by Crippen LogP contribution is -2.28. The molecule has 3 rings (SSSR count). The lowest BCUT2D eigenvalue weighted by molar-refractivity contribution is 0.0914. The van der Waals surface area contributed by atoms with Crippen LogP contribution in [0.25, 0.3) is 11.0 Å². The van der Waals surface area contributed by atoms with E-state index in [0.717, 1.165) is 11.3 Å². The van der Waals surface area contributed by atoms with Crippen LogP contribution in [0.2, 0.25) is 0 Å². The average molecular weight is 325 g/mol. The van der Waals surface area contributed by atoms with E-state index < -0.39 is 0 Å². The van der Waals surface area contributed by atoms with Gasteiger partial charge in [0, 0.05) is 12.7 Å². The van der Waals surface area contributed by atoms with E-state index in [1.54, 1.807) is 25.2 Å². The maximum atomic E-state index is 12.7. The molecule has 6 nitrogen and oxygen atoms in total. The summed E-state index contributed by atoms with van der Waals surface area (Å²) in [4.78, 5) is 25.1. The second-order valence-corrected chi connectivity index (χ2v) is 5.57. The number of nitrogens with zero attached hydrogens (tertiary/aromatic N) is 2. The predicted octanol–water partition coefficient (Wildman–Crippen LogP) is 2.20. The minimum atomic E-state index is -0.369. The minimum absolute atomic E-state index is 0.125. The summed E-state index contributed by atoms with van der Waals surface area (Å²) in [6.07, 6.45) is 0.125. The molecule has 2 aromatic carbocycles. The number of aromatic nitrogens is 2. The van der Waals surface area contributed by atoms with Crippen molar-refractivity contribution in [1.29, 1.82) is 0 Å². The summed E-state index contributed by atoms with van der Waals surface area (Å²) < 4.78 is 8.02. The molecule has 0 spiro atoms. The fraction of sp³-hybridized carbons (Fsp3) is 0.222. The zero-order valence-electron chi connectivity index (χ0n) is 13.7. The van der Waals surface area contributed by atoms with Gasteiger partial charge in [0.2, 0.25) is 5.91 Å². The van der Waals surface area contributed by atoms with Gasteiger partial charge in [-0.3, -0.25) is 9.36 Å². The quantitative estimate of drug-likeness (QED) is 0.746. The van der Waals surface area contributed by atoms with Crippen LogP contribution in [0.5, 0.6) is 5.75 Å². The van der Waals surface area contributed by atoms with Crippen molar-refractivity contribution < 1.29 is 9.53 Å². The molecule has 6 heteroatoms. The Kier molecular flexibility index (Phi) is 4.12. The molecule has 0 bridgehead atoms. The molecular weight excluding hydrogens is 306 g/mol. The first-order valence-electron chi connectivity index (χ1n) is 7.73. The lowest BCUT2D eigenvalue weighted by atomic mass is 10.1. The normalized spacial score (nSPS) is 10.9. The number of imidazole rings is 1. The summed E-state index contributed by atoms with van der Waals surface area (Å²) in [5.41, 5.74) is 7.96. The van der Waals surface area contributed by atoms with Gasteiger partial charge in [0.25, 0.3) is 0 Å². The van der Waals surface area contributed by atoms with E-state index in [1.807, 2.05) is 31.2 Å². The Labute approximate surface area is 139 Å². The van der Waals surface area contributed by atoms with Crippen molar-refractivity contribution in [3.05, 3.63) is 58.5 Å². The summed E-state index contributed by atoms with van der Waals surface area (Å²) in [5, 5.41) is 0. The number of aryl methyl sites for hydroxylation is 1. The molecule has 0 unspecified atom stereocenters. The molecule has 0 fully saturated rings. The van der Waals surface area contributed by atoms with Crippen LogP contribution in [0.1, 0.15) is 17.3 Å². The first kappa shape index (κ1) is 15.9. The van der Waals surface area contributed by atoms with Crippen LogP contribution in [0, 0.1) is 0 Å². The topological polar surface area (TPSA) is 79.2 Å². The number of anilines is 1. The van der Waals surface area contributed by atoms with Gasteiger partial charge in [-0.2, -0.15) is 0 Å². The number of nitrogens with two attached hydrogens (primary N) is 1. The first-order chi connectivity index (χ1) is 11.5. The molecule has 0 aliphatic carbocycles. The van der Waals surface area contributed by atoms with Gasteiger partial charge in [0.05, 0.1) is 24.1 Å². The Morgan fingerprint density at radius 2 is 1.83 bits per heavy atom. The number of rotatable bonds is 4. The van der Waals surface area contributed by atoms with E-state index in [9.17, 15) is 9.59 Å². The van der Waals surface area contributed by atoms with E-state index in [0.29, 0.717) is 23.3 Å². The van der Waals surface area contributed by atoms with Crippen LogP contribution in [0.4, 0.5) is 5.69 Å². The zero-order valence-corrected chi connectivity index (χ0v) is 13.7. The number of hydrogen-bond acceptors (Lipinski definition) is 4. The van der Waals surface area contributed by atoms with E-state index in [4.69, 9.17) is 10.5 Å². The van der Waals surface area contributed by atoms with E-state index in [2.05, 4.69) is 0 Å². The Balaban J connectivity index is 1.95. The zero-order chi connectivity index (χ0) is 17.3. The van der Waals surface area contributed by atoms with Crippen molar-refractivity contribution in [3.63, 3.8) is 0 Å². The first-order valence-corrected chi connectivity index (χ1v) is 7.73. The van der Waals surface area contributed by atoms with Gasteiger partial charge in [-0.25, -0.2) is 9.36 Å². The number of fused-ring (bicyclic) bond motifs is 1. The van der Waals surface area contributed by atoms with Gasteiger partial charge < -0.3 is 10.5 Å². The van der Waals surface area contributed by atoms with E-state index >= 15 is 0 Å². The fourth-order valence-electron chi connectivity index (χ4n) is 2.72. The molecule has 2 N–H and O–H groups in total. The highest BCUT2D eigenvalue weighted by atomic mass is 16.5. The molecular formula is C18H19N3O3. The molecule has 0 saturated carbocycles. The molecule has 0 atom stereocenters. The number of carbonyl (C=O) groups excluding carboxylic acids is 1. The van der Waals surface area contributed by atoms with Crippen molar-refractivity contribution in [2.75, 3.05) is 12.3 Å². The number of carbonyl (C=O) groups is 1. The molecule has 0 amide bonds. The van der Waals surface area contributed by atoms with Gasteiger partial charge in [-0.1, -0.05) is 12.1 Å². The highest BCUT2D eigenvalue weighted by molar-refractivity contribution is 5.92. The maximum absolute atomic E-state index is 12.7. The molecule has 1 heterocycles. The highest BCUT2D eigenvalue weighted by Gasteiger charge is 2.17. The standard InChI is InChI=1S/C18H19N3O3/c1-3-24-14-7-4-12(5-8-14)10-17(22)21-16-11-13(19)6-9-15(16)20(2)18(21)23/h4-9,11H,3,10,19H2,1-2H3. The monoisotopic (exact) mass is 325 g/mol. The van der Waals surface area contributed by atoms with Crippen LogP contribution in [-0.4, -0.2) is 21.6 Å². The predicted molar refractivity (Wildman–Crippen MR) is 93.5 cm³/mol. The van der Waals surface area contributed by atoms with Gasteiger partial charge in [-0.15, -0.1) is 0 Å². The second kappa shape index (κ2) is 6.23. The molecule has 0 saturated heterocycles. The van der Waals surface area contributed by atoms with Crippen LogP contribution in [-0.2, 0) is 13.5 Å². The summed E-state index contributed by atoms with van der Waals surface area (Å²) in [5.74, 6) is 0.462. The maximum Gasteiger partial charge on any atom is 0.335 e. The summed E-state index contributed by atoms with van der Waals surface area (Å²) >= 11 is 0. The molecule has 1 aromatic heterocycles. The van der Waals surface area contributed by atoms with Gasteiger partial charge >= 0.3 is 5.69 Å². The van der Waals surface area contributed by atoms with Crippen LogP contribution < -0.4 is 16.2 Å².